The van der Waals surface area contributed by atoms with Crippen molar-refractivity contribution >= 4 is 17.7 Å². The fourth-order valence-electron chi connectivity index (χ4n) is 3.00. The van der Waals surface area contributed by atoms with E-state index in [0.717, 1.165) is 17.7 Å². The summed E-state index contributed by atoms with van der Waals surface area (Å²) in [4.78, 5) is 14.8. The van der Waals surface area contributed by atoms with Crippen LogP contribution in [-0.2, 0) is 12.0 Å². The molecule has 0 bridgehead atoms. The number of amides is 1. The third-order valence-electron chi connectivity index (χ3n) is 4.09. The number of carbonyl (C=O) groups is 1. The Labute approximate surface area is 140 Å². The topological polar surface area (TPSA) is 50.4 Å². The van der Waals surface area contributed by atoms with Gasteiger partial charge < -0.3 is 10.1 Å². The normalized spacial score (nSPS) is 19.3. The quantitative estimate of drug-likeness (QED) is 0.632. The summed E-state index contributed by atoms with van der Waals surface area (Å²) in [6, 6.07) is 15.7. The van der Waals surface area contributed by atoms with Gasteiger partial charge in [0.05, 0.1) is 5.54 Å². The molecule has 2 aromatic carbocycles. The molecular formula is C18H19ClN2O2. The largest absolute Gasteiger partial charge is 0.492 e. The van der Waals surface area contributed by atoms with Crippen LogP contribution in [0.1, 0.15) is 28.4 Å². The van der Waals surface area contributed by atoms with Crippen LogP contribution in [0.4, 0.5) is 0 Å². The van der Waals surface area contributed by atoms with Gasteiger partial charge in [-0.15, -0.1) is 0 Å². The van der Waals surface area contributed by atoms with Crippen LogP contribution in [0.2, 0.25) is 0 Å². The Balaban J connectivity index is 1.88. The van der Waals surface area contributed by atoms with E-state index in [-0.39, 0.29) is 5.91 Å². The lowest BCUT2D eigenvalue weighted by Gasteiger charge is -2.26. The first kappa shape index (κ1) is 15.8. The van der Waals surface area contributed by atoms with E-state index in [0.29, 0.717) is 18.7 Å². The molecule has 0 aromatic heterocycles. The van der Waals surface area contributed by atoms with E-state index in [4.69, 9.17) is 16.5 Å². The van der Waals surface area contributed by atoms with Crippen molar-refractivity contribution in [1.82, 2.24) is 10.2 Å². The summed E-state index contributed by atoms with van der Waals surface area (Å²) in [6.07, 6.45) is 0.735. The molecular weight excluding hydrogens is 312 g/mol. The van der Waals surface area contributed by atoms with Gasteiger partial charge in [0.1, 0.15) is 12.4 Å². The maximum atomic E-state index is 12.3. The molecule has 0 saturated heterocycles. The van der Waals surface area contributed by atoms with Gasteiger partial charge in [0, 0.05) is 12.1 Å². The van der Waals surface area contributed by atoms with Crippen molar-refractivity contribution in [3.8, 4) is 5.75 Å². The van der Waals surface area contributed by atoms with Gasteiger partial charge in [0.15, 0.2) is 0 Å². The molecule has 1 heterocycles. The predicted octanol–water partition coefficient (Wildman–Crippen LogP) is 3.01. The van der Waals surface area contributed by atoms with Crippen molar-refractivity contribution in [1.29, 1.82) is 0 Å². The molecule has 23 heavy (non-hydrogen) atoms. The summed E-state index contributed by atoms with van der Waals surface area (Å²) >= 11 is 5.43. The Morgan fingerprint density at radius 1 is 1.22 bits per heavy atom. The third-order valence-corrected chi connectivity index (χ3v) is 4.27. The van der Waals surface area contributed by atoms with Crippen LogP contribution in [0.15, 0.2) is 48.5 Å². The maximum absolute atomic E-state index is 12.3. The Kier molecular flexibility index (Phi) is 4.55. The molecule has 1 unspecified atom stereocenters. The Bertz CT molecular complexity index is 705. The SMILES string of the molecule is CC1(Cc2ccccc2)NC(=O)c2ccc(OCCNCl)cc21. The summed E-state index contributed by atoms with van der Waals surface area (Å²) in [5.41, 5.74) is 2.44. The molecule has 1 amide bonds. The van der Waals surface area contributed by atoms with Crippen molar-refractivity contribution in [2.24, 2.45) is 0 Å². The minimum Gasteiger partial charge on any atom is -0.492 e. The minimum absolute atomic E-state index is 0.0348. The van der Waals surface area contributed by atoms with Gasteiger partial charge in [-0.05, 0) is 54.4 Å². The maximum Gasteiger partial charge on any atom is 0.252 e. The van der Waals surface area contributed by atoms with Gasteiger partial charge >= 0.3 is 0 Å². The molecule has 0 spiro atoms. The van der Waals surface area contributed by atoms with Crippen LogP contribution < -0.4 is 14.9 Å². The number of carbonyl (C=O) groups excluding carboxylic acids is 1. The van der Waals surface area contributed by atoms with Crippen LogP contribution in [0, 0.1) is 0 Å². The second-order valence-corrected chi connectivity index (χ2v) is 6.16. The molecule has 120 valence electrons. The lowest BCUT2D eigenvalue weighted by molar-refractivity contribution is 0.0935. The second kappa shape index (κ2) is 6.60. The highest BCUT2D eigenvalue weighted by molar-refractivity contribution is 6.13. The van der Waals surface area contributed by atoms with E-state index in [2.05, 4.69) is 22.3 Å². The number of nitrogens with one attached hydrogen (secondary N) is 2. The zero-order valence-electron chi connectivity index (χ0n) is 12.9. The van der Waals surface area contributed by atoms with Gasteiger partial charge in [-0.3, -0.25) is 4.79 Å². The first-order chi connectivity index (χ1) is 11.1. The standard InChI is InChI=1S/C18H19ClN2O2/c1-18(12-13-5-3-2-4-6-13)16-11-14(23-10-9-20-19)7-8-15(16)17(22)21-18/h2-8,11,20H,9-10,12H2,1H3,(H,21,22). The molecule has 0 saturated carbocycles. The van der Waals surface area contributed by atoms with Crippen LogP contribution in [-0.4, -0.2) is 19.1 Å². The lowest BCUT2D eigenvalue weighted by atomic mass is 9.86. The molecule has 5 heteroatoms. The highest BCUT2D eigenvalue weighted by atomic mass is 35.5. The van der Waals surface area contributed by atoms with Gasteiger partial charge in [-0.1, -0.05) is 30.3 Å². The molecule has 1 aliphatic rings. The van der Waals surface area contributed by atoms with E-state index >= 15 is 0 Å². The van der Waals surface area contributed by atoms with Gasteiger partial charge in [-0.25, -0.2) is 4.84 Å². The Morgan fingerprint density at radius 2 is 2.00 bits per heavy atom. The zero-order valence-corrected chi connectivity index (χ0v) is 13.7. The van der Waals surface area contributed by atoms with E-state index in [1.54, 1.807) is 0 Å². The van der Waals surface area contributed by atoms with Gasteiger partial charge in [0.2, 0.25) is 0 Å². The van der Waals surface area contributed by atoms with Crippen molar-refractivity contribution in [2.75, 3.05) is 13.2 Å². The highest BCUT2D eigenvalue weighted by Gasteiger charge is 2.39. The average Bonchev–Trinajstić information content (AvgIpc) is 2.79. The van der Waals surface area contributed by atoms with Crippen LogP contribution in [0.25, 0.3) is 0 Å². The van der Waals surface area contributed by atoms with E-state index in [9.17, 15) is 4.79 Å². The fraction of sp³-hybridized carbons (Fsp3) is 0.278. The Hall–Kier alpha value is -2.04. The van der Waals surface area contributed by atoms with Crippen molar-refractivity contribution in [3.63, 3.8) is 0 Å². The molecule has 0 radical (unpaired) electrons. The number of halogens is 1. The summed E-state index contributed by atoms with van der Waals surface area (Å²) in [5.74, 6) is 0.707. The zero-order chi connectivity index (χ0) is 16.3. The highest BCUT2D eigenvalue weighted by Crippen LogP contribution is 2.36. The van der Waals surface area contributed by atoms with E-state index in [1.165, 1.54) is 5.56 Å². The number of fused-ring (bicyclic) bond motifs is 1. The number of hydrogen-bond donors (Lipinski definition) is 2. The smallest absolute Gasteiger partial charge is 0.252 e. The van der Waals surface area contributed by atoms with Crippen molar-refractivity contribution < 1.29 is 9.53 Å². The number of benzene rings is 2. The molecule has 4 nitrogen and oxygen atoms in total. The molecule has 3 rings (SSSR count). The molecule has 2 N–H and O–H groups in total. The third kappa shape index (κ3) is 3.33. The van der Waals surface area contributed by atoms with Gasteiger partial charge in [-0.2, -0.15) is 0 Å². The number of rotatable bonds is 6. The predicted molar refractivity (Wildman–Crippen MR) is 90.8 cm³/mol. The molecule has 0 aliphatic carbocycles. The number of hydrogen-bond acceptors (Lipinski definition) is 3. The van der Waals surface area contributed by atoms with Crippen LogP contribution in [0.5, 0.6) is 5.75 Å². The Morgan fingerprint density at radius 3 is 2.74 bits per heavy atom. The molecule has 0 fully saturated rings. The first-order valence-electron chi connectivity index (χ1n) is 7.60. The molecule has 1 aliphatic heterocycles. The van der Waals surface area contributed by atoms with Crippen molar-refractivity contribution in [2.45, 2.75) is 18.9 Å². The van der Waals surface area contributed by atoms with Crippen LogP contribution >= 0.6 is 11.8 Å². The van der Waals surface area contributed by atoms with E-state index < -0.39 is 5.54 Å². The summed E-state index contributed by atoms with van der Waals surface area (Å²) in [6.45, 7) is 3.07. The molecule has 1 atom stereocenters. The number of ether oxygens (including phenoxy) is 1. The van der Waals surface area contributed by atoms with Crippen LogP contribution in [0.3, 0.4) is 0 Å². The molecule has 2 aromatic rings. The van der Waals surface area contributed by atoms with E-state index in [1.807, 2.05) is 43.3 Å². The van der Waals surface area contributed by atoms with Crippen molar-refractivity contribution in [3.05, 3.63) is 65.2 Å². The average molecular weight is 331 g/mol. The lowest BCUT2D eigenvalue weighted by Crippen LogP contribution is -2.38. The minimum atomic E-state index is -0.433. The second-order valence-electron chi connectivity index (χ2n) is 5.89. The van der Waals surface area contributed by atoms with Gasteiger partial charge in [0.25, 0.3) is 5.91 Å². The summed E-state index contributed by atoms with van der Waals surface area (Å²) in [5, 5.41) is 3.11. The summed E-state index contributed by atoms with van der Waals surface area (Å²) in [7, 11) is 0. The fourth-order valence-corrected chi connectivity index (χ4v) is 3.08. The summed E-state index contributed by atoms with van der Waals surface area (Å²) < 4.78 is 5.66. The first-order valence-corrected chi connectivity index (χ1v) is 7.97. The monoisotopic (exact) mass is 330 g/mol.